The van der Waals surface area contributed by atoms with Gasteiger partial charge in [0.2, 0.25) is 0 Å². The van der Waals surface area contributed by atoms with E-state index in [0.717, 1.165) is 0 Å². The minimum atomic E-state index is -1.39. The van der Waals surface area contributed by atoms with Crippen molar-refractivity contribution in [1.29, 1.82) is 0 Å². The van der Waals surface area contributed by atoms with Crippen LogP contribution in [-0.2, 0) is 0 Å². The molecule has 21 heavy (non-hydrogen) atoms. The van der Waals surface area contributed by atoms with E-state index in [1.54, 1.807) is 37.7 Å². The van der Waals surface area contributed by atoms with Crippen molar-refractivity contribution in [2.24, 2.45) is 0 Å². The molecule has 0 amide bonds. The molecule has 3 heteroatoms. The van der Waals surface area contributed by atoms with Crippen LogP contribution in [0.15, 0.2) is 0 Å². The van der Waals surface area contributed by atoms with E-state index in [9.17, 15) is 4.80 Å². The van der Waals surface area contributed by atoms with E-state index in [1.807, 2.05) is 0 Å². The maximum Gasteiger partial charge on any atom is 0.0594 e. The molecule has 0 spiro atoms. The van der Waals surface area contributed by atoms with Gasteiger partial charge in [-0.1, -0.05) is 75.5 Å². The van der Waals surface area contributed by atoms with Crippen LogP contribution in [0, 0.1) is 0 Å². The SMILES string of the molecule is CCCC[P+](CCCC)(CCCC)CCCC.C[SiH](C)[O-]. The molecule has 0 rings (SSSR count). The molecule has 0 fully saturated rings. The van der Waals surface area contributed by atoms with Crippen molar-refractivity contribution >= 4 is 16.3 Å². The highest BCUT2D eigenvalue weighted by Crippen LogP contribution is 2.61. The van der Waals surface area contributed by atoms with Crippen LogP contribution in [0.1, 0.15) is 79.1 Å². The van der Waals surface area contributed by atoms with Gasteiger partial charge in [0.1, 0.15) is 0 Å². The third kappa shape index (κ3) is 16.8. The predicted molar refractivity (Wildman–Crippen MR) is 105 cm³/mol. The van der Waals surface area contributed by atoms with Gasteiger partial charge in [-0.3, -0.25) is 0 Å². The van der Waals surface area contributed by atoms with Crippen LogP contribution in [-0.4, -0.2) is 33.7 Å². The lowest BCUT2D eigenvalue weighted by Crippen LogP contribution is -2.20. The van der Waals surface area contributed by atoms with Crippen LogP contribution in [0.3, 0.4) is 0 Å². The topological polar surface area (TPSA) is 23.1 Å². The molecular weight excluding hydrogens is 291 g/mol. The van der Waals surface area contributed by atoms with Gasteiger partial charge >= 0.3 is 0 Å². The second-order valence-corrected chi connectivity index (χ2v) is 13.3. The van der Waals surface area contributed by atoms with Gasteiger partial charge in [0.15, 0.2) is 0 Å². The summed E-state index contributed by atoms with van der Waals surface area (Å²) in [6, 6.07) is 0. The smallest absolute Gasteiger partial charge is 0.0594 e. The Balaban J connectivity index is 0. The Morgan fingerprint density at radius 2 is 0.810 bits per heavy atom. The first-order valence-electron chi connectivity index (χ1n) is 9.48. The van der Waals surface area contributed by atoms with Gasteiger partial charge in [-0.25, -0.2) is 0 Å². The Bertz CT molecular complexity index is 157. The van der Waals surface area contributed by atoms with E-state index in [4.69, 9.17) is 0 Å². The molecular formula is C18H43OPSi. The molecule has 1 nitrogen and oxygen atoms in total. The maximum atomic E-state index is 9.67. The first-order chi connectivity index (χ1) is 9.97. The predicted octanol–water partition coefficient (Wildman–Crippen LogP) is 5.53. The van der Waals surface area contributed by atoms with Crippen molar-refractivity contribution in [2.75, 3.05) is 24.6 Å². The molecule has 0 heterocycles. The van der Waals surface area contributed by atoms with Gasteiger partial charge in [-0.05, 0) is 25.7 Å². The lowest BCUT2D eigenvalue weighted by molar-refractivity contribution is -0.190. The minimum Gasteiger partial charge on any atom is -0.861 e. The summed E-state index contributed by atoms with van der Waals surface area (Å²) in [7, 11) is -1.95. The molecule has 0 atom stereocenters. The first kappa shape index (κ1) is 23.9. The number of unbranched alkanes of at least 4 members (excludes halogenated alkanes) is 4. The third-order valence-electron chi connectivity index (χ3n) is 3.94. The monoisotopic (exact) mass is 334 g/mol. The van der Waals surface area contributed by atoms with Gasteiger partial charge in [0.25, 0.3) is 0 Å². The molecule has 0 aliphatic carbocycles. The largest absolute Gasteiger partial charge is 0.861 e. The Hall–Kier alpha value is 0.607. The fourth-order valence-corrected chi connectivity index (χ4v) is 7.93. The van der Waals surface area contributed by atoms with Crippen LogP contribution in [0.4, 0.5) is 0 Å². The Kier molecular flexibility index (Phi) is 19.3. The fraction of sp³-hybridized carbons (Fsp3) is 1.00. The van der Waals surface area contributed by atoms with E-state index in [1.165, 1.54) is 51.4 Å². The van der Waals surface area contributed by atoms with Crippen molar-refractivity contribution in [2.45, 2.75) is 92.2 Å². The molecule has 0 aliphatic heterocycles. The summed E-state index contributed by atoms with van der Waals surface area (Å²) in [4.78, 5) is 9.67. The molecule has 0 bridgehead atoms. The van der Waals surface area contributed by atoms with Gasteiger partial charge < -0.3 is 4.80 Å². The van der Waals surface area contributed by atoms with Gasteiger partial charge in [0.05, 0.1) is 24.6 Å². The Morgan fingerprint density at radius 1 is 0.619 bits per heavy atom. The van der Waals surface area contributed by atoms with Crippen LogP contribution in [0.25, 0.3) is 0 Å². The normalized spacial score (nSPS) is 11.4. The zero-order chi connectivity index (χ0) is 16.6. The van der Waals surface area contributed by atoms with Crippen molar-refractivity contribution in [3.8, 4) is 0 Å². The fourth-order valence-electron chi connectivity index (χ4n) is 2.64. The maximum absolute atomic E-state index is 9.67. The second kappa shape index (κ2) is 17.0. The summed E-state index contributed by atoms with van der Waals surface area (Å²) in [5.74, 6) is 0. The molecule has 0 saturated heterocycles. The summed E-state index contributed by atoms with van der Waals surface area (Å²) >= 11 is 0. The standard InChI is InChI=1S/C16H36P.C2H7OSi/c1-5-9-13-17(14-10-6-2,15-11-7-3)16-12-8-4;1-4(2)3/h5-16H2,1-4H3;4H,1-2H3/q+1;-1. The highest BCUT2D eigenvalue weighted by molar-refractivity contribution is 7.75. The average Bonchev–Trinajstić information content (AvgIpc) is 2.45. The summed E-state index contributed by atoms with van der Waals surface area (Å²) < 4.78 is 0. The number of rotatable bonds is 12. The van der Waals surface area contributed by atoms with Crippen molar-refractivity contribution in [3.63, 3.8) is 0 Å². The van der Waals surface area contributed by atoms with E-state index < -0.39 is 16.3 Å². The second-order valence-electron chi connectivity index (χ2n) is 6.70. The van der Waals surface area contributed by atoms with Gasteiger partial charge in [-0.2, -0.15) is 0 Å². The quantitative estimate of drug-likeness (QED) is 0.340. The highest BCUT2D eigenvalue weighted by atomic mass is 31.2. The van der Waals surface area contributed by atoms with Crippen molar-refractivity contribution in [3.05, 3.63) is 0 Å². The van der Waals surface area contributed by atoms with Crippen LogP contribution in [0.2, 0.25) is 13.1 Å². The lowest BCUT2D eigenvalue weighted by Gasteiger charge is -2.28. The molecule has 0 unspecified atom stereocenters. The van der Waals surface area contributed by atoms with E-state index in [2.05, 4.69) is 27.7 Å². The molecule has 130 valence electrons. The van der Waals surface area contributed by atoms with Crippen molar-refractivity contribution in [1.82, 2.24) is 0 Å². The highest BCUT2D eigenvalue weighted by Gasteiger charge is 2.34. The third-order valence-corrected chi connectivity index (χ3v) is 9.00. The number of hydrogen-bond donors (Lipinski definition) is 0. The Morgan fingerprint density at radius 3 is 0.952 bits per heavy atom. The molecule has 0 radical (unpaired) electrons. The van der Waals surface area contributed by atoms with Crippen LogP contribution >= 0.6 is 7.26 Å². The van der Waals surface area contributed by atoms with Crippen molar-refractivity contribution < 1.29 is 4.80 Å². The summed E-state index contributed by atoms with van der Waals surface area (Å²) in [6.07, 6.45) is 17.9. The summed E-state index contributed by atoms with van der Waals surface area (Å²) in [6.45, 7) is 12.9. The molecule has 0 saturated carbocycles. The summed E-state index contributed by atoms with van der Waals surface area (Å²) in [5.41, 5.74) is 0. The minimum absolute atomic E-state index is 0.562. The molecule has 0 aromatic rings. The zero-order valence-corrected chi connectivity index (χ0v) is 18.0. The molecule has 0 aromatic heterocycles. The van der Waals surface area contributed by atoms with E-state index in [0.29, 0.717) is 0 Å². The van der Waals surface area contributed by atoms with Crippen LogP contribution < -0.4 is 4.80 Å². The van der Waals surface area contributed by atoms with Crippen LogP contribution in [0.5, 0.6) is 0 Å². The Labute approximate surface area is 138 Å². The number of hydrogen-bond acceptors (Lipinski definition) is 1. The van der Waals surface area contributed by atoms with Gasteiger partial charge in [0, 0.05) is 7.26 Å². The average molecular weight is 335 g/mol. The van der Waals surface area contributed by atoms with E-state index >= 15 is 0 Å². The molecule has 0 N–H and O–H groups in total. The zero-order valence-electron chi connectivity index (χ0n) is 15.9. The first-order valence-corrected chi connectivity index (χ1v) is 14.8. The molecule has 0 aromatic carbocycles. The van der Waals surface area contributed by atoms with Gasteiger partial charge in [-0.15, -0.1) is 0 Å². The van der Waals surface area contributed by atoms with E-state index in [-0.39, 0.29) is 0 Å². The lowest BCUT2D eigenvalue weighted by atomic mass is 10.4. The molecule has 0 aliphatic rings. The summed E-state index contributed by atoms with van der Waals surface area (Å²) in [5, 5.41) is 0.